The summed E-state index contributed by atoms with van der Waals surface area (Å²) in [6.45, 7) is 7.88. The molecule has 0 saturated carbocycles. The monoisotopic (exact) mass is 210 g/mol. The fourth-order valence-corrected chi connectivity index (χ4v) is 1.74. The molecule has 1 N–H and O–H groups in total. The molecule has 0 aliphatic heterocycles. The summed E-state index contributed by atoms with van der Waals surface area (Å²) >= 11 is 5.06. The van der Waals surface area contributed by atoms with Crippen molar-refractivity contribution in [1.29, 1.82) is 0 Å². The summed E-state index contributed by atoms with van der Waals surface area (Å²) in [6.07, 6.45) is 2.38. The Morgan fingerprint density at radius 3 is 2.79 bits per heavy atom. The average molecular weight is 210 g/mol. The predicted molar refractivity (Wildman–Crippen MR) is 60.2 cm³/mol. The summed E-state index contributed by atoms with van der Waals surface area (Å²) in [6, 6.07) is 0. The van der Waals surface area contributed by atoms with Gasteiger partial charge in [0.05, 0.1) is 0 Å². The normalized spacial score (nSPS) is 10.1. The molecule has 0 radical (unpaired) electrons. The van der Waals surface area contributed by atoms with Crippen molar-refractivity contribution in [2.24, 2.45) is 0 Å². The molecular weight excluding hydrogens is 196 g/mol. The van der Waals surface area contributed by atoms with Gasteiger partial charge in [0.15, 0.2) is 4.77 Å². The lowest BCUT2D eigenvalue weighted by molar-refractivity contribution is 0.714. The van der Waals surface area contributed by atoms with Crippen molar-refractivity contribution in [3.05, 3.63) is 39.0 Å². The maximum absolute atomic E-state index is 11.9. The number of nitrogens with zero attached hydrogens (tertiary/aromatic N) is 1. The molecule has 1 heterocycles. The third kappa shape index (κ3) is 1.85. The van der Waals surface area contributed by atoms with Crippen molar-refractivity contribution >= 4 is 12.2 Å². The van der Waals surface area contributed by atoms with Crippen LogP contribution in [0.3, 0.4) is 0 Å². The first kappa shape index (κ1) is 10.9. The van der Waals surface area contributed by atoms with Gasteiger partial charge < -0.3 is 4.98 Å². The molecule has 76 valence electrons. The molecule has 0 aliphatic carbocycles. The highest BCUT2D eigenvalue weighted by atomic mass is 32.1. The fraction of sp³-hybridized carbons (Fsp3) is 0.400. The van der Waals surface area contributed by atoms with Crippen LogP contribution < -0.4 is 5.56 Å². The van der Waals surface area contributed by atoms with Crippen molar-refractivity contribution < 1.29 is 0 Å². The highest BCUT2D eigenvalue weighted by Gasteiger charge is 2.06. The Kier molecular flexibility index (Phi) is 3.41. The van der Waals surface area contributed by atoms with Crippen LogP contribution in [0.4, 0.5) is 0 Å². The minimum Gasteiger partial charge on any atom is -0.336 e. The molecule has 0 aliphatic rings. The van der Waals surface area contributed by atoms with Crippen LogP contribution in [-0.4, -0.2) is 9.55 Å². The molecular formula is C10H14N2OS. The molecule has 1 aromatic heterocycles. The van der Waals surface area contributed by atoms with Gasteiger partial charge in [-0.3, -0.25) is 9.36 Å². The Bertz CT molecular complexity index is 456. The number of hydrogen-bond acceptors (Lipinski definition) is 2. The molecule has 0 atom stereocenters. The summed E-state index contributed by atoms with van der Waals surface area (Å²) < 4.78 is 1.98. The summed E-state index contributed by atoms with van der Waals surface area (Å²) in [5.74, 6) is 0. The van der Waals surface area contributed by atoms with Crippen LogP contribution in [0.15, 0.2) is 17.4 Å². The number of hydrogen-bond donors (Lipinski definition) is 1. The van der Waals surface area contributed by atoms with Crippen molar-refractivity contribution in [3.63, 3.8) is 0 Å². The van der Waals surface area contributed by atoms with Crippen LogP contribution >= 0.6 is 12.2 Å². The molecule has 0 bridgehead atoms. The highest BCUT2D eigenvalue weighted by Crippen LogP contribution is 2.00. The van der Waals surface area contributed by atoms with Crippen molar-refractivity contribution in [3.8, 4) is 0 Å². The summed E-state index contributed by atoms with van der Waals surface area (Å²) in [5.41, 5.74) is 1.65. The van der Waals surface area contributed by atoms with Crippen molar-refractivity contribution in [1.82, 2.24) is 9.55 Å². The Labute approximate surface area is 88.1 Å². The average Bonchev–Trinajstić information content (AvgIpc) is 2.12. The van der Waals surface area contributed by atoms with Gasteiger partial charge in [-0.05, 0) is 25.6 Å². The molecule has 1 aromatic rings. The number of nitrogens with one attached hydrogen (secondary N) is 1. The smallest absolute Gasteiger partial charge is 0.257 e. The van der Waals surface area contributed by atoms with Gasteiger partial charge in [-0.25, -0.2) is 0 Å². The van der Waals surface area contributed by atoms with E-state index < -0.39 is 0 Å². The lowest BCUT2D eigenvalue weighted by Crippen LogP contribution is -2.26. The first-order valence-electron chi connectivity index (χ1n) is 4.55. The molecule has 0 saturated heterocycles. The number of aryl methyl sites for hydroxylation is 1. The van der Waals surface area contributed by atoms with Gasteiger partial charge >= 0.3 is 0 Å². The molecule has 3 nitrogen and oxygen atoms in total. The largest absolute Gasteiger partial charge is 0.336 e. The van der Waals surface area contributed by atoms with Crippen LogP contribution in [0.5, 0.6) is 0 Å². The Morgan fingerprint density at radius 1 is 1.64 bits per heavy atom. The third-order valence-electron chi connectivity index (χ3n) is 2.16. The van der Waals surface area contributed by atoms with Crippen LogP contribution in [0.2, 0.25) is 0 Å². The van der Waals surface area contributed by atoms with E-state index in [2.05, 4.69) is 11.6 Å². The van der Waals surface area contributed by atoms with E-state index in [0.717, 1.165) is 11.3 Å². The number of aromatic nitrogens is 2. The summed E-state index contributed by atoms with van der Waals surface area (Å²) in [4.78, 5) is 14.9. The van der Waals surface area contributed by atoms with Crippen LogP contribution in [0.25, 0.3) is 0 Å². The van der Waals surface area contributed by atoms with E-state index in [1.165, 1.54) is 4.57 Å². The number of aromatic amines is 1. The lowest BCUT2D eigenvalue weighted by atomic mass is 10.2. The number of allylic oxidation sites excluding steroid dienone is 1. The van der Waals surface area contributed by atoms with Crippen LogP contribution in [-0.2, 0) is 13.0 Å². The molecule has 4 heteroatoms. The van der Waals surface area contributed by atoms with Crippen molar-refractivity contribution in [2.45, 2.75) is 26.8 Å². The third-order valence-corrected chi connectivity index (χ3v) is 2.48. The van der Waals surface area contributed by atoms with E-state index in [1.54, 1.807) is 6.08 Å². The van der Waals surface area contributed by atoms with E-state index in [-0.39, 0.29) is 5.56 Å². The summed E-state index contributed by atoms with van der Waals surface area (Å²) in [7, 11) is 0. The summed E-state index contributed by atoms with van der Waals surface area (Å²) in [5, 5.41) is 0. The van der Waals surface area contributed by atoms with Gasteiger partial charge in [0.25, 0.3) is 5.56 Å². The topological polar surface area (TPSA) is 37.8 Å². The van der Waals surface area contributed by atoms with Gasteiger partial charge in [0, 0.05) is 17.8 Å². The SMILES string of the molecule is C=CCn1c(=S)[nH]c(C)c(CC)c1=O. The maximum atomic E-state index is 11.9. The first-order valence-corrected chi connectivity index (χ1v) is 4.96. The lowest BCUT2D eigenvalue weighted by Gasteiger charge is -2.07. The zero-order chi connectivity index (χ0) is 10.7. The second-order valence-corrected chi connectivity index (χ2v) is 3.48. The highest BCUT2D eigenvalue weighted by molar-refractivity contribution is 7.71. The minimum absolute atomic E-state index is 0.00588. The van der Waals surface area contributed by atoms with Gasteiger partial charge in [-0.1, -0.05) is 13.0 Å². The molecule has 0 aromatic carbocycles. The molecule has 0 amide bonds. The van der Waals surface area contributed by atoms with E-state index in [1.807, 2.05) is 13.8 Å². The maximum Gasteiger partial charge on any atom is 0.257 e. The fourth-order valence-electron chi connectivity index (χ4n) is 1.43. The van der Waals surface area contributed by atoms with Gasteiger partial charge in [-0.2, -0.15) is 0 Å². The molecule has 1 rings (SSSR count). The standard InChI is InChI=1S/C10H14N2OS/c1-4-6-12-9(13)8(5-2)7(3)11-10(12)14/h4H,1,5-6H2,2-3H3,(H,11,14). The van der Waals surface area contributed by atoms with Crippen LogP contribution in [0.1, 0.15) is 18.2 Å². The first-order chi connectivity index (χ1) is 6.61. The predicted octanol–water partition coefficient (Wildman–Crippen LogP) is 1.96. The Balaban J connectivity index is 3.52. The van der Waals surface area contributed by atoms with Crippen molar-refractivity contribution in [2.75, 3.05) is 0 Å². The molecule has 0 fully saturated rings. The Hall–Kier alpha value is -1.16. The van der Waals surface area contributed by atoms with E-state index in [0.29, 0.717) is 17.7 Å². The van der Waals surface area contributed by atoms with E-state index in [4.69, 9.17) is 12.2 Å². The van der Waals surface area contributed by atoms with E-state index in [9.17, 15) is 4.79 Å². The molecule has 14 heavy (non-hydrogen) atoms. The number of rotatable bonds is 3. The van der Waals surface area contributed by atoms with E-state index >= 15 is 0 Å². The zero-order valence-electron chi connectivity index (χ0n) is 8.46. The minimum atomic E-state index is -0.00588. The van der Waals surface area contributed by atoms with Gasteiger partial charge in [0.2, 0.25) is 0 Å². The zero-order valence-corrected chi connectivity index (χ0v) is 9.28. The van der Waals surface area contributed by atoms with Crippen LogP contribution in [0, 0.1) is 11.7 Å². The second kappa shape index (κ2) is 4.37. The van der Waals surface area contributed by atoms with Gasteiger partial charge in [0.1, 0.15) is 0 Å². The molecule has 0 unspecified atom stereocenters. The number of H-pyrrole nitrogens is 1. The van der Waals surface area contributed by atoms with Gasteiger partial charge in [-0.15, -0.1) is 6.58 Å². The second-order valence-electron chi connectivity index (χ2n) is 3.09. The Morgan fingerprint density at radius 2 is 2.29 bits per heavy atom. The molecule has 0 spiro atoms. The quantitative estimate of drug-likeness (QED) is 0.611.